The van der Waals surface area contributed by atoms with Gasteiger partial charge in [0, 0.05) is 25.7 Å². The van der Waals surface area contributed by atoms with E-state index < -0.39 is 15.7 Å². The highest BCUT2D eigenvalue weighted by Crippen LogP contribution is 2.23. The first-order valence-electron chi connectivity index (χ1n) is 6.19. The zero-order valence-corrected chi connectivity index (χ0v) is 12.5. The summed E-state index contributed by atoms with van der Waals surface area (Å²) in [4.78, 5) is 0. The van der Waals surface area contributed by atoms with Crippen LogP contribution in [0.15, 0.2) is 0 Å². The zero-order valence-electron chi connectivity index (χ0n) is 11.7. The third kappa shape index (κ3) is 4.21. The van der Waals surface area contributed by atoms with E-state index in [1.807, 2.05) is 27.7 Å². The lowest BCUT2D eigenvalue weighted by atomic mass is 9.93. The maximum absolute atomic E-state index is 12.1. The van der Waals surface area contributed by atoms with Crippen molar-refractivity contribution in [2.45, 2.75) is 46.1 Å². The topological polar surface area (TPSA) is 75.4 Å². The van der Waals surface area contributed by atoms with Crippen LogP contribution >= 0.6 is 0 Å². The fourth-order valence-electron chi connectivity index (χ4n) is 1.74. The molecule has 17 heavy (non-hydrogen) atoms. The second-order valence-electron chi connectivity index (χ2n) is 4.85. The van der Waals surface area contributed by atoms with E-state index in [-0.39, 0.29) is 5.92 Å². The first-order chi connectivity index (χ1) is 7.75. The maximum atomic E-state index is 12.1. The third-order valence-electron chi connectivity index (χ3n) is 3.40. The van der Waals surface area contributed by atoms with E-state index in [9.17, 15) is 8.42 Å². The van der Waals surface area contributed by atoms with Crippen molar-refractivity contribution in [3.63, 3.8) is 0 Å². The largest absolute Gasteiger partial charge is 0.329 e. The van der Waals surface area contributed by atoms with Crippen LogP contribution in [0.1, 0.15) is 40.5 Å². The molecule has 0 spiro atoms. The minimum Gasteiger partial charge on any atom is -0.329 e. The van der Waals surface area contributed by atoms with E-state index in [4.69, 9.17) is 5.73 Å². The van der Waals surface area contributed by atoms with Crippen molar-refractivity contribution < 1.29 is 8.42 Å². The molecule has 3 N–H and O–H groups in total. The summed E-state index contributed by atoms with van der Waals surface area (Å²) in [6.45, 7) is 8.65. The quantitative estimate of drug-likeness (QED) is 0.685. The predicted molar refractivity (Wildman–Crippen MR) is 71.9 cm³/mol. The van der Waals surface area contributed by atoms with Crippen LogP contribution in [0.2, 0.25) is 0 Å². The summed E-state index contributed by atoms with van der Waals surface area (Å²) in [5, 5.41) is 0. The normalized spacial score (nSPS) is 13.6. The summed E-state index contributed by atoms with van der Waals surface area (Å²) in [5.74, 6) is 0.286. The van der Waals surface area contributed by atoms with Gasteiger partial charge in [0.1, 0.15) is 0 Å². The molecule has 0 aliphatic heterocycles. The molecule has 0 aromatic rings. The lowest BCUT2D eigenvalue weighted by molar-refractivity contribution is 0.205. The summed E-state index contributed by atoms with van der Waals surface area (Å²) < 4.78 is 28.2. The van der Waals surface area contributed by atoms with Crippen molar-refractivity contribution in [2.24, 2.45) is 11.7 Å². The van der Waals surface area contributed by atoms with Crippen molar-refractivity contribution in [1.29, 1.82) is 0 Å². The molecule has 0 heterocycles. The molecule has 0 aromatic carbocycles. The van der Waals surface area contributed by atoms with Crippen molar-refractivity contribution in [3.05, 3.63) is 0 Å². The molecule has 0 saturated heterocycles. The van der Waals surface area contributed by atoms with E-state index in [0.29, 0.717) is 25.9 Å². The van der Waals surface area contributed by atoms with Crippen LogP contribution in [0.25, 0.3) is 0 Å². The molecule has 5 nitrogen and oxygen atoms in total. The van der Waals surface area contributed by atoms with Gasteiger partial charge in [-0.1, -0.05) is 27.7 Å². The minimum absolute atomic E-state index is 0.286. The van der Waals surface area contributed by atoms with Crippen LogP contribution in [0.4, 0.5) is 0 Å². The highest BCUT2D eigenvalue weighted by molar-refractivity contribution is 7.87. The van der Waals surface area contributed by atoms with Crippen molar-refractivity contribution in [3.8, 4) is 0 Å². The Morgan fingerprint density at radius 3 is 2.06 bits per heavy atom. The van der Waals surface area contributed by atoms with Crippen molar-refractivity contribution in [2.75, 3.05) is 20.1 Å². The average molecular weight is 265 g/mol. The Kier molecular flexibility index (Phi) is 6.61. The van der Waals surface area contributed by atoms with Gasteiger partial charge < -0.3 is 5.73 Å². The second-order valence-corrected chi connectivity index (χ2v) is 6.64. The molecule has 6 heteroatoms. The van der Waals surface area contributed by atoms with E-state index in [2.05, 4.69) is 4.72 Å². The molecular weight excluding hydrogens is 238 g/mol. The zero-order chi connectivity index (χ0) is 13.7. The molecule has 0 bridgehead atoms. The summed E-state index contributed by atoms with van der Waals surface area (Å²) in [6.07, 6.45) is 1.41. The SMILES string of the molecule is CCC(CC)(CN)N(C)S(=O)(=O)NCC(C)C. The molecule has 0 saturated carbocycles. The molecule has 0 aliphatic carbocycles. The minimum atomic E-state index is -3.45. The summed E-state index contributed by atoms with van der Waals surface area (Å²) in [5.41, 5.74) is 5.27. The summed E-state index contributed by atoms with van der Waals surface area (Å²) in [7, 11) is -1.85. The molecular formula is C11H27N3O2S. The smallest absolute Gasteiger partial charge is 0.279 e. The van der Waals surface area contributed by atoms with Crippen LogP contribution in [-0.2, 0) is 10.2 Å². The van der Waals surface area contributed by atoms with Crippen LogP contribution in [0.5, 0.6) is 0 Å². The van der Waals surface area contributed by atoms with Gasteiger partial charge in [-0.3, -0.25) is 0 Å². The molecule has 0 aromatic heterocycles. The first kappa shape index (κ1) is 16.8. The summed E-state index contributed by atoms with van der Waals surface area (Å²) >= 11 is 0. The lowest BCUT2D eigenvalue weighted by Crippen LogP contribution is -2.56. The van der Waals surface area contributed by atoms with Gasteiger partial charge in [-0.05, 0) is 18.8 Å². The van der Waals surface area contributed by atoms with Gasteiger partial charge in [-0.2, -0.15) is 12.7 Å². The Labute approximate surface area is 106 Å². The number of nitrogens with two attached hydrogens (primary N) is 1. The Hall–Kier alpha value is -0.170. The van der Waals surface area contributed by atoms with E-state index >= 15 is 0 Å². The highest BCUT2D eigenvalue weighted by atomic mass is 32.2. The van der Waals surface area contributed by atoms with Gasteiger partial charge in [0.25, 0.3) is 10.2 Å². The Bertz CT molecular complexity index is 302. The lowest BCUT2D eigenvalue weighted by Gasteiger charge is -2.38. The first-order valence-corrected chi connectivity index (χ1v) is 7.63. The molecule has 0 radical (unpaired) electrons. The van der Waals surface area contributed by atoms with E-state index in [0.717, 1.165) is 0 Å². The molecule has 0 atom stereocenters. The van der Waals surface area contributed by atoms with Gasteiger partial charge >= 0.3 is 0 Å². The maximum Gasteiger partial charge on any atom is 0.279 e. The molecule has 0 amide bonds. The van der Waals surface area contributed by atoms with E-state index in [1.54, 1.807) is 7.05 Å². The van der Waals surface area contributed by atoms with E-state index in [1.165, 1.54) is 4.31 Å². The molecule has 0 unspecified atom stereocenters. The number of rotatable bonds is 8. The highest BCUT2D eigenvalue weighted by Gasteiger charge is 2.36. The van der Waals surface area contributed by atoms with Crippen molar-refractivity contribution >= 4 is 10.2 Å². The van der Waals surface area contributed by atoms with Crippen LogP contribution in [0.3, 0.4) is 0 Å². The predicted octanol–water partition coefficient (Wildman–Crippen LogP) is 0.926. The van der Waals surface area contributed by atoms with Gasteiger partial charge in [-0.25, -0.2) is 4.72 Å². The Balaban J connectivity index is 4.93. The van der Waals surface area contributed by atoms with Gasteiger partial charge in [0.2, 0.25) is 0 Å². The average Bonchev–Trinajstić information content (AvgIpc) is 2.29. The van der Waals surface area contributed by atoms with Crippen LogP contribution in [0, 0.1) is 5.92 Å². The van der Waals surface area contributed by atoms with Crippen LogP contribution < -0.4 is 10.5 Å². The number of hydrogen-bond donors (Lipinski definition) is 2. The van der Waals surface area contributed by atoms with Gasteiger partial charge in [-0.15, -0.1) is 0 Å². The Morgan fingerprint density at radius 1 is 1.29 bits per heavy atom. The number of hydrogen-bond acceptors (Lipinski definition) is 3. The van der Waals surface area contributed by atoms with Crippen LogP contribution in [-0.4, -0.2) is 38.4 Å². The summed E-state index contributed by atoms with van der Waals surface area (Å²) in [6, 6.07) is 0. The fraction of sp³-hybridized carbons (Fsp3) is 1.00. The van der Waals surface area contributed by atoms with Gasteiger partial charge in [0.15, 0.2) is 0 Å². The molecule has 0 rings (SSSR count). The third-order valence-corrected chi connectivity index (χ3v) is 5.04. The van der Waals surface area contributed by atoms with Crippen molar-refractivity contribution in [1.82, 2.24) is 9.03 Å². The standard InChI is InChI=1S/C11H27N3O2S/c1-6-11(7-2,9-12)14(5)17(15,16)13-8-10(3)4/h10,13H,6-9,12H2,1-5H3. The molecule has 0 aliphatic rings. The number of likely N-dealkylation sites (N-methyl/N-ethyl adjacent to an activating group) is 1. The number of nitrogens with one attached hydrogen (secondary N) is 1. The Morgan fingerprint density at radius 2 is 1.76 bits per heavy atom. The molecule has 104 valence electrons. The fourth-order valence-corrected chi connectivity index (χ4v) is 3.32. The van der Waals surface area contributed by atoms with Gasteiger partial charge in [0.05, 0.1) is 0 Å². The molecule has 0 fully saturated rings. The number of nitrogens with zero attached hydrogens (tertiary/aromatic N) is 1. The second kappa shape index (κ2) is 6.68. The monoisotopic (exact) mass is 265 g/mol.